The molecule has 3 aromatic heterocycles. The molecule has 3 heterocycles. The minimum atomic E-state index is 0.181. The van der Waals surface area contributed by atoms with Crippen molar-refractivity contribution in [1.29, 1.82) is 0 Å². The lowest BCUT2D eigenvalue weighted by Crippen LogP contribution is -1.93. The first-order valence-electron chi connectivity index (χ1n) is 6.87. The molecule has 0 spiro atoms. The molecule has 1 N–H and O–H groups in total. The Morgan fingerprint density at radius 2 is 2.00 bits per heavy atom. The van der Waals surface area contributed by atoms with Gasteiger partial charge in [0, 0.05) is 23.5 Å². The zero-order valence-corrected chi connectivity index (χ0v) is 13.3. The van der Waals surface area contributed by atoms with Gasteiger partial charge in [0.1, 0.15) is 5.75 Å². The highest BCUT2D eigenvalue weighted by molar-refractivity contribution is 7.17. The maximum Gasteiger partial charge on any atom is 0.160 e. The van der Waals surface area contributed by atoms with Gasteiger partial charge in [-0.25, -0.2) is 9.97 Å². The van der Waals surface area contributed by atoms with Crippen molar-refractivity contribution in [2.45, 2.75) is 0 Å². The fraction of sp³-hybridized carbons (Fsp3) is 0. The van der Waals surface area contributed by atoms with Crippen LogP contribution >= 0.6 is 22.9 Å². The Labute approximate surface area is 141 Å². The van der Waals surface area contributed by atoms with Crippen molar-refractivity contribution >= 4 is 33.2 Å². The Hall–Kier alpha value is -2.50. The number of hydrogen-bond donors (Lipinski definition) is 1. The van der Waals surface area contributed by atoms with Gasteiger partial charge in [0.05, 0.1) is 20.9 Å². The number of aromatic nitrogens is 3. The number of phenolic OH excluding ortho intramolecular Hbond substituents is 1. The third-order valence-electron chi connectivity index (χ3n) is 3.44. The quantitative estimate of drug-likeness (QED) is 0.571. The number of halogens is 1. The monoisotopic (exact) mass is 339 g/mol. The number of fused-ring (bicyclic) bond motifs is 1. The van der Waals surface area contributed by atoms with Crippen molar-refractivity contribution in [3.05, 3.63) is 59.2 Å². The second-order valence-electron chi connectivity index (χ2n) is 4.94. The molecule has 6 heteroatoms. The SMILES string of the molecule is Oc1cccc(-c2nc(-c3ccncc3Cl)c3sccc3n2)c1. The minimum Gasteiger partial charge on any atom is -0.508 e. The van der Waals surface area contributed by atoms with Crippen LogP contribution in [0.2, 0.25) is 5.02 Å². The summed E-state index contributed by atoms with van der Waals surface area (Å²) in [5, 5.41) is 12.2. The van der Waals surface area contributed by atoms with E-state index in [0.717, 1.165) is 27.0 Å². The molecule has 4 aromatic rings. The van der Waals surface area contributed by atoms with Crippen molar-refractivity contribution in [3.63, 3.8) is 0 Å². The van der Waals surface area contributed by atoms with Gasteiger partial charge in [-0.3, -0.25) is 4.98 Å². The first kappa shape index (κ1) is 14.1. The Morgan fingerprint density at radius 3 is 2.83 bits per heavy atom. The summed E-state index contributed by atoms with van der Waals surface area (Å²) in [4.78, 5) is 13.3. The van der Waals surface area contributed by atoms with Crippen LogP contribution in [-0.4, -0.2) is 20.1 Å². The molecule has 4 rings (SSSR count). The maximum atomic E-state index is 9.70. The molecule has 0 aliphatic carbocycles. The summed E-state index contributed by atoms with van der Waals surface area (Å²) in [5.74, 6) is 0.731. The first-order valence-corrected chi connectivity index (χ1v) is 8.12. The van der Waals surface area contributed by atoms with Crippen molar-refractivity contribution in [1.82, 2.24) is 15.0 Å². The molecule has 23 heavy (non-hydrogen) atoms. The van der Waals surface area contributed by atoms with Crippen molar-refractivity contribution in [3.8, 4) is 28.4 Å². The number of thiophene rings is 1. The molecular weight excluding hydrogens is 330 g/mol. The molecule has 112 valence electrons. The van der Waals surface area contributed by atoms with Crippen LogP contribution in [-0.2, 0) is 0 Å². The summed E-state index contributed by atoms with van der Waals surface area (Å²) in [6.45, 7) is 0. The highest BCUT2D eigenvalue weighted by Gasteiger charge is 2.14. The van der Waals surface area contributed by atoms with E-state index in [1.54, 1.807) is 41.9 Å². The molecule has 0 aliphatic rings. The zero-order valence-electron chi connectivity index (χ0n) is 11.8. The van der Waals surface area contributed by atoms with Crippen molar-refractivity contribution < 1.29 is 5.11 Å². The number of pyridine rings is 1. The summed E-state index contributed by atoms with van der Waals surface area (Å²) in [6.07, 6.45) is 3.29. The van der Waals surface area contributed by atoms with Crippen LogP contribution in [0, 0.1) is 0 Å². The smallest absolute Gasteiger partial charge is 0.160 e. The normalized spacial score (nSPS) is 11.0. The van der Waals surface area contributed by atoms with Crippen LogP contribution in [0.5, 0.6) is 5.75 Å². The molecule has 0 bridgehead atoms. The Balaban J connectivity index is 2.01. The highest BCUT2D eigenvalue weighted by atomic mass is 35.5. The lowest BCUT2D eigenvalue weighted by molar-refractivity contribution is 0.475. The number of hydrogen-bond acceptors (Lipinski definition) is 5. The van der Waals surface area contributed by atoms with Gasteiger partial charge in [-0.05, 0) is 29.6 Å². The number of aromatic hydroxyl groups is 1. The highest BCUT2D eigenvalue weighted by Crippen LogP contribution is 2.35. The number of nitrogens with zero attached hydrogens (tertiary/aromatic N) is 3. The van der Waals surface area contributed by atoms with E-state index in [-0.39, 0.29) is 5.75 Å². The van der Waals surface area contributed by atoms with Gasteiger partial charge in [-0.15, -0.1) is 11.3 Å². The lowest BCUT2D eigenvalue weighted by Gasteiger charge is -2.08. The van der Waals surface area contributed by atoms with E-state index in [0.29, 0.717) is 10.8 Å². The summed E-state index contributed by atoms with van der Waals surface area (Å²) >= 11 is 7.86. The van der Waals surface area contributed by atoms with E-state index in [1.165, 1.54) is 0 Å². The van der Waals surface area contributed by atoms with Gasteiger partial charge in [-0.1, -0.05) is 23.7 Å². The first-order chi connectivity index (χ1) is 11.2. The standard InChI is InChI=1S/C17H10ClN3OS/c18-13-9-19-6-4-12(13)15-16-14(5-7-23-16)20-17(21-15)10-2-1-3-11(22)8-10/h1-9,22H. The average molecular weight is 340 g/mol. The number of phenols is 1. The van der Waals surface area contributed by atoms with Crippen molar-refractivity contribution in [2.24, 2.45) is 0 Å². The summed E-state index contributed by atoms with van der Waals surface area (Å²) < 4.78 is 0.974. The fourth-order valence-corrected chi connectivity index (χ4v) is 3.43. The number of rotatable bonds is 2. The topological polar surface area (TPSA) is 58.9 Å². The van der Waals surface area contributed by atoms with Crippen LogP contribution in [0.1, 0.15) is 0 Å². The molecule has 0 unspecified atom stereocenters. The van der Waals surface area contributed by atoms with E-state index in [4.69, 9.17) is 16.6 Å². The fourth-order valence-electron chi connectivity index (χ4n) is 2.39. The van der Waals surface area contributed by atoms with Crippen LogP contribution < -0.4 is 0 Å². The van der Waals surface area contributed by atoms with E-state index >= 15 is 0 Å². The molecule has 0 atom stereocenters. The molecule has 0 aliphatic heterocycles. The van der Waals surface area contributed by atoms with Gasteiger partial charge in [0.25, 0.3) is 0 Å². The molecule has 1 aromatic carbocycles. The van der Waals surface area contributed by atoms with Gasteiger partial charge in [-0.2, -0.15) is 0 Å². The Kier molecular flexibility index (Phi) is 3.44. The molecule has 0 saturated heterocycles. The largest absolute Gasteiger partial charge is 0.508 e. The van der Waals surface area contributed by atoms with Gasteiger partial charge < -0.3 is 5.11 Å². The van der Waals surface area contributed by atoms with Gasteiger partial charge >= 0.3 is 0 Å². The molecule has 0 saturated carbocycles. The van der Waals surface area contributed by atoms with Crippen LogP contribution in [0.3, 0.4) is 0 Å². The second kappa shape index (κ2) is 5.61. The third-order valence-corrected chi connectivity index (χ3v) is 4.65. The van der Waals surface area contributed by atoms with Crippen LogP contribution in [0.15, 0.2) is 54.2 Å². The average Bonchev–Trinajstić information content (AvgIpc) is 3.03. The van der Waals surface area contributed by atoms with E-state index in [9.17, 15) is 5.11 Å². The summed E-state index contributed by atoms with van der Waals surface area (Å²) in [5.41, 5.74) is 3.20. The van der Waals surface area contributed by atoms with Crippen LogP contribution in [0.25, 0.3) is 32.9 Å². The summed E-state index contributed by atoms with van der Waals surface area (Å²) in [7, 11) is 0. The van der Waals surface area contributed by atoms with Gasteiger partial charge in [0.15, 0.2) is 5.82 Å². The Morgan fingerprint density at radius 1 is 1.09 bits per heavy atom. The third kappa shape index (κ3) is 2.54. The Bertz CT molecular complexity index is 1020. The van der Waals surface area contributed by atoms with Gasteiger partial charge in [0.2, 0.25) is 0 Å². The van der Waals surface area contributed by atoms with Crippen LogP contribution in [0.4, 0.5) is 0 Å². The predicted molar refractivity (Wildman–Crippen MR) is 92.8 cm³/mol. The van der Waals surface area contributed by atoms with E-state index in [2.05, 4.69) is 9.97 Å². The number of benzene rings is 1. The zero-order chi connectivity index (χ0) is 15.8. The summed E-state index contributed by atoms with van der Waals surface area (Å²) in [6, 6.07) is 10.7. The van der Waals surface area contributed by atoms with E-state index < -0.39 is 0 Å². The van der Waals surface area contributed by atoms with Crippen molar-refractivity contribution in [2.75, 3.05) is 0 Å². The van der Waals surface area contributed by atoms with E-state index in [1.807, 2.05) is 23.6 Å². The molecule has 4 nitrogen and oxygen atoms in total. The maximum absolute atomic E-state index is 9.70. The predicted octanol–water partition coefficient (Wildman–Crippen LogP) is 4.78. The molecular formula is C17H10ClN3OS. The lowest BCUT2D eigenvalue weighted by atomic mass is 10.1. The minimum absolute atomic E-state index is 0.181. The molecule has 0 amide bonds. The molecule has 0 fully saturated rings. The second-order valence-corrected chi connectivity index (χ2v) is 6.26. The molecule has 0 radical (unpaired) electrons.